The maximum atomic E-state index is 12.9. The van der Waals surface area contributed by atoms with Crippen LogP contribution in [-0.2, 0) is 9.59 Å². The average Bonchev–Trinajstić information content (AvgIpc) is 3.32. The molecule has 0 unspecified atom stereocenters. The summed E-state index contributed by atoms with van der Waals surface area (Å²) < 4.78 is 0. The van der Waals surface area contributed by atoms with Crippen LogP contribution in [0.1, 0.15) is 17.5 Å². The highest BCUT2D eigenvalue weighted by Crippen LogP contribution is 2.63. The third kappa shape index (κ3) is 2.12. The van der Waals surface area contributed by atoms with Crippen molar-refractivity contribution in [2.24, 2.45) is 35.5 Å². The van der Waals surface area contributed by atoms with Crippen LogP contribution in [-0.4, -0.2) is 17.0 Å². The maximum absolute atomic E-state index is 12.9. The molecule has 2 N–H and O–H groups in total. The molecule has 23 heavy (non-hydrogen) atoms. The van der Waals surface area contributed by atoms with Gasteiger partial charge in [-0.25, -0.2) is 0 Å². The number of allylic oxidation sites excluding steroid dienone is 2. The molecule has 2 bridgehead atoms. The molecule has 1 amide bonds. The molecule has 0 saturated heterocycles. The zero-order valence-corrected chi connectivity index (χ0v) is 13.3. The fourth-order valence-corrected chi connectivity index (χ4v) is 4.79. The van der Waals surface area contributed by atoms with Gasteiger partial charge in [0.1, 0.15) is 0 Å². The van der Waals surface area contributed by atoms with Gasteiger partial charge in [0, 0.05) is 5.69 Å². The topological polar surface area (TPSA) is 66.4 Å². The number of carbonyl (C=O) groups is 2. The number of aliphatic carboxylic acids is 1. The molecular formula is C19H21NO3. The monoisotopic (exact) mass is 311 g/mol. The SMILES string of the molecule is Cc1cccc(C)c1NC(=O)[C@@H]1[C@@H]2C=C[C@H]([C@H]3C[C@H]23)[C@@H]1C(=O)O. The first-order valence-corrected chi connectivity index (χ1v) is 8.27. The van der Waals surface area contributed by atoms with E-state index in [1.54, 1.807) is 0 Å². The summed E-state index contributed by atoms with van der Waals surface area (Å²) in [6, 6.07) is 5.88. The molecule has 0 heterocycles. The van der Waals surface area contributed by atoms with Crippen LogP contribution in [0.4, 0.5) is 5.69 Å². The molecule has 0 radical (unpaired) electrons. The molecule has 0 spiro atoms. The summed E-state index contributed by atoms with van der Waals surface area (Å²) in [7, 11) is 0. The van der Waals surface area contributed by atoms with Crippen molar-refractivity contribution in [3.63, 3.8) is 0 Å². The minimum Gasteiger partial charge on any atom is -0.481 e. The molecule has 1 aromatic rings. The standard InChI is InChI=1S/C19H21NO3/c1-9-4-3-5-10(2)17(9)20-18(21)15-11-6-7-12(14-8-13(11)14)16(15)19(22)23/h3-7,11-16H,8H2,1-2H3,(H,20,21)(H,22,23)/t11-,12-,13-,14-,15-,16+/m1/s1. The Bertz CT molecular complexity index is 703. The van der Waals surface area contributed by atoms with Crippen molar-refractivity contribution >= 4 is 17.6 Å². The Morgan fingerprint density at radius 1 is 1.04 bits per heavy atom. The number of carboxylic acids is 1. The molecule has 6 atom stereocenters. The highest BCUT2D eigenvalue weighted by Gasteiger charge is 2.62. The van der Waals surface area contributed by atoms with Gasteiger partial charge in [0.05, 0.1) is 11.8 Å². The Labute approximate surface area is 135 Å². The second-order valence-electron chi connectivity index (χ2n) is 7.25. The molecule has 4 aliphatic rings. The number of aryl methyl sites for hydroxylation is 2. The van der Waals surface area contributed by atoms with Crippen LogP contribution in [0.3, 0.4) is 0 Å². The number of para-hydroxylation sites is 1. The van der Waals surface area contributed by atoms with Crippen LogP contribution in [0.25, 0.3) is 0 Å². The van der Waals surface area contributed by atoms with Crippen molar-refractivity contribution in [3.05, 3.63) is 41.5 Å². The molecule has 2 fully saturated rings. The van der Waals surface area contributed by atoms with E-state index in [4.69, 9.17) is 0 Å². The van der Waals surface area contributed by atoms with E-state index in [0.717, 1.165) is 23.2 Å². The first kappa shape index (κ1) is 14.5. The molecule has 1 aromatic carbocycles. The van der Waals surface area contributed by atoms with Gasteiger partial charge in [0.25, 0.3) is 0 Å². The van der Waals surface area contributed by atoms with Gasteiger partial charge in [-0.15, -0.1) is 0 Å². The molecule has 120 valence electrons. The van der Waals surface area contributed by atoms with Crippen LogP contribution in [0.2, 0.25) is 0 Å². The number of benzene rings is 1. The van der Waals surface area contributed by atoms with Crippen molar-refractivity contribution in [2.45, 2.75) is 20.3 Å². The first-order valence-electron chi connectivity index (χ1n) is 8.27. The van der Waals surface area contributed by atoms with E-state index in [1.165, 1.54) is 0 Å². The van der Waals surface area contributed by atoms with Gasteiger partial charge in [0.15, 0.2) is 0 Å². The summed E-state index contributed by atoms with van der Waals surface area (Å²) in [5.41, 5.74) is 2.83. The molecule has 4 aliphatic carbocycles. The van der Waals surface area contributed by atoms with Crippen LogP contribution >= 0.6 is 0 Å². The number of carboxylic acid groups (broad SMARTS) is 1. The van der Waals surface area contributed by atoms with Crippen molar-refractivity contribution in [1.82, 2.24) is 0 Å². The normalized spacial score (nSPS) is 36.4. The maximum Gasteiger partial charge on any atom is 0.307 e. The lowest BCUT2D eigenvalue weighted by Gasteiger charge is -2.41. The molecule has 0 aromatic heterocycles. The van der Waals surface area contributed by atoms with E-state index in [0.29, 0.717) is 11.8 Å². The first-order chi connectivity index (χ1) is 11.0. The summed E-state index contributed by atoms with van der Waals surface area (Å²) in [6.07, 6.45) is 5.20. The highest BCUT2D eigenvalue weighted by molar-refractivity contribution is 5.97. The number of nitrogens with one attached hydrogen (secondary N) is 1. The van der Waals surface area contributed by atoms with Crippen LogP contribution < -0.4 is 5.32 Å². The van der Waals surface area contributed by atoms with Gasteiger partial charge in [-0.2, -0.15) is 0 Å². The van der Waals surface area contributed by atoms with Gasteiger partial charge < -0.3 is 10.4 Å². The lowest BCUT2D eigenvalue weighted by Crippen LogP contribution is -2.48. The number of hydrogen-bond donors (Lipinski definition) is 2. The number of anilines is 1. The summed E-state index contributed by atoms with van der Waals surface area (Å²) in [4.78, 5) is 24.7. The molecule has 5 rings (SSSR count). The number of hydrogen-bond acceptors (Lipinski definition) is 2. The molecule has 0 aliphatic heterocycles. The van der Waals surface area contributed by atoms with E-state index >= 15 is 0 Å². The summed E-state index contributed by atoms with van der Waals surface area (Å²) >= 11 is 0. The van der Waals surface area contributed by atoms with E-state index in [1.807, 2.05) is 38.1 Å². The van der Waals surface area contributed by atoms with Crippen molar-refractivity contribution in [2.75, 3.05) is 5.32 Å². The second kappa shape index (κ2) is 4.95. The minimum atomic E-state index is -0.837. The zero-order valence-electron chi connectivity index (χ0n) is 13.3. The fourth-order valence-electron chi connectivity index (χ4n) is 4.79. The summed E-state index contributed by atoms with van der Waals surface area (Å²) in [5.74, 6) is -0.921. The summed E-state index contributed by atoms with van der Waals surface area (Å²) in [6.45, 7) is 3.92. The van der Waals surface area contributed by atoms with E-state index < -0.39 is 17.8 Å². The van der Waals surface area contributed by atoms with E-state index in [-0.39, 0.29) is 17.7 Å². The Kier molecular flexibility index (Phi) is 3.12. The van der Waals surface area contributed by atoms with Gasteiger partial charge >= 0.3 is 5.97 Å². The highest BCUT2D eigenvalue weighted by atomic mass is 16.4. The van der Waals surface area contributed by atoms with Gasteiger partial charge in [-0.3, -0.25) is 9.59 Å². The fraction of sp³-hybridized carbons (Fsp3) is 0.474. The van der Waals surface area contributed by atoms with Crippen molar-refractivity contribution in [3.8, 4) is 0 Å². The number of carbonyl (C=O) groups excluding carboxylic acids is 1. The Morgan fingerprint density at radius 2 is 1.61 bits per heavy atom. The molecular weight excluding hydrogens is 290 g/mol. The Morgan fingerprint density at radius 3 is 2.17 bits per heavy atom. The van der Waals surface area contributed by atoms with Crippen LogP contribution in [0.15, 0.2) is 30.4 Å². The number of amides is 1. The molecule has 4 nitrogen and oxygen atoms in total. The lowest BCUT2D eigenvalue weighted by atomic mass is 9.62. The minimum absolute atomic E-state index is 0.0243. The van der Waals surface area contributed by atoms with Gasteiger partial charge in [-0.05, 0) is 55.1 Å². The molecule has 4 heteroatoms. The van der Waals surface area contributed by atoms with Crippen molar-refractivity contribution < 1.29 is 14.7 Å². The quantitative estimate of drug-likeness (QED) is 0.843. The molecule has 2 saturated carbocycles. The second-order valence-corrected chi connectivity index (χ2v) is 7.25. The van der Waals surface area contributed by atoms with Crippen molar-refractivity contribution in [1.29, 1.82) is 0 Å². The van der Waals surface area contributed by atoms with Gasteiger partial charge in [-0.1, -0.05) is 30.4 Å². The Hall–Kier alpha value is -2.10. The number of fused-ring (bicyclic) bond motifs is 1. The van der Waals surface area contributed by atoms with Crippen LogP contribution in [0.5, 0.6) is 0 Å². The lowest BCUT2D eigenvalue weighted by molar-refractivity contribution is -0.152. The third-order valence-electron chi connectivity index (χ3n) is 5.97. The Balaban J connectivity index is 1.65. The zero-order chi connectivity index (χ0) is 16.3. The third-order valence-corrected chi connectivity index (χ3v) is 5.97. The summed E-state index contributed by atoms with van der Waals surface area (Å²) in [5, 5.41) is 12.7. The van der Waals surface area contributed by atoms with Crippen LogP contribution in [0, 0.1) is 49.4 Å². The predicted molar refractivity (Wildman–Crippen MR) is 86.9 cm³/mol. The predicted octanol–water partition coefficient (Wildman–Crippen LogP) is 3.01. The van der Waals surface area contributed by atoms with Gasteiger partial charge in [0.2, 0.25) is 5.91 Å². The smallest absolute Gasteiger partial charge is 0.307 e. The largest absolute Gasteiger partial charge is 0.481 e. The van der Waals surface area contributed by atoms with E-state index in [9.17, 15) is 14.7 Å². The average molecular weight is 311 g/mol. The number of rotatable bonds is 3. The van der Waals surface area contributed by atoms with E-state index in [2.05, 4.69) is 11.4 Å².